The summed E-state index contributed by atoms with van der Waals surface area (Å²) >= 11 is 0. The number of hydrogen-bond acceptors (Lipinski definition) is 2. The molecule has 2 nitrogen and oxygen atoms in total. The summed E-state index contributed by atoms with van der Waals surface area (Å²) in [6, 6.07) is 14.2. The van der Waals surface area contributed by atoms with E-state index in [1.165, 1.54) is 11.1 Å². The molecule has 0 bridgehead atoms. The number of rotatable bonds is 1. The molecule has 98 valence electrons. The third kappa shape index (κ3) is 2.36. The summed E-state index contributed by atoms with van der Waals surface area (Å²) in [6.07, 6.45) is -0.113. The first-order chi connectivity index (χ1) is 9.13. The number of fused-ring (bicyclic) bond motifs is 1. The zero-order chi connectivity index (χ0) is 13.4. The van der Waals surface area contributed by atoms with Gasteiger partial charge < -0.3 is 9.84 Å². The van der Waals surface area contributed by atoms with E-state index in [1.807, 2.05) is 24.3 Å². The maximum Gasteiger partial charge on any atom is 0.150 e. The highest BCUT2D eigenvalue weighted by molar-refractivity contribution is 5.39. The SMILES string of the molecule is Cc1cc(C)cc([C@H]2Oc3ccccc3C[C@@H]2O)c1. The minimum absolute atomic E-state index is 0.270. The highest BCUT2D eigenvalue weighted by Crippen LogP contribution is 2.35. The molecule has 0 fully saturated rings. The van der Waals surface area contributed by atoms with Crippen molar-refractivity contribution in [3.8, 4) is 5.75 Å². The van der Waals surface area contributed by atoms with Gasteiger partial charge in [-0.05, 0) is 31.0 Å². The molecule has 1 aliphatic heterocycles. The van der Waals surface area contributed by atoms with Crippen LogP contribution < -0.4 is 4.74 Å². The predicted molar refractivity (Wildman–Crippen MR) is 75.4 cm³/mol. The smallest absolute Gasteiger partial charge is 0.150 e. The van der Waals surface area contributed by atoms with Crippen LogP contribution in [0.5, 0.6) is 5.75 Å². The second-order valence-corrected chi connectivity index (χ2v) is 5.34. The van der Waals surface area contributed by atoms with E-state index in [0.717, 1.165) is 16.9 Å². The van der Waals surface area contributed by atoms with Crippen molar-refractivity contribution in [1.29, 1.82) is 0 Å². The van der Waals surface area contributed by atoms with Crippen LogP contribution in [0.2, 0.25) is 0 Å². The molecule has 3 rings (SSSR count). The third-order valence-corrected chi connectivity index (χ3v) is 3.58. The van der Waals surface area contributed by atoms with Crippen molar-refractivity contribution in [2.24, 2.45) is 0 Å². The molecule has 0 saturated carbocycles. The molecule has 1 heterocycles. The van der Waals surface area contributed by atoms with Crippen molar-refractivity contribution < 1.29 is 9.84 Å². The number of aryl methyl sites for hydroxylation is 2. The molecule has 2 aromatic carbocycles. The summed E-state index contributed by atoms with van der Waals surface area (Å²) in [7, 11) is 0. The van der Waals surface area contributed by atoms with Crippen LogP contribution in [0.15, 0.2) is 42.5 Å². The van der Waals surface area contributed by atoms with Crippen LogP contribution in [0.1, 0.15) is 28.4 Å². The highest BCUT2D eigenvalue weighted by Gasteiger charge is 2.29. The molecule has 0 spiro atoms. The minimum Gasteiger partial charge on any atom is -0.483 e. The number of para-hydroxylation sites is 1. The van der Waals surface area contributed by atoms with Gasteiger partial charge in [0.15, 0.2) is 0 Å². The van der Waals surface area contributed by atoms with Gasteiger partial charge in [-0.25, -0.2) is 0 Å². The van der Waals surface area contributed by atoms with E-state index >= 15 is 0 Å². The molecule has 0 unspecified atom stereocenters. The lowest BCUT2D eigenvalue weighted by molar-refractivity contribution is 0.0208. The van der Waals surface area contributed by atoms with E-state index < -0.39 is 6.10 Å². The normalized spacial score (nSPS) is 21.6. The maximum atomic E-state index is 10.3. The van der Waals surface area contributed by atoms with Gasteiger partial charge in [0.25, 0.3) is 0 Å². The number of hydrogen-bond donors (Lipinski definition) is 1. The van der Waals surface area contributed by atoms with Crippen LogP contribution in [-0.2, 0) is 6.42 Å². The van der Waals surface area contributed by atoms with Gasteiger partial charge in [0.2, 0.25) is 0 Å². The lowest BCUT2D eigenvalue weighted by Crippen LogP contribution is -2.30. The van der Waals surface area contributed by atoms with Crippen molar-refractivity contribution in [2.45, 2.75) is 32.5 Å². The first-order valence-corrected chi connectivity index (χ1v) is 6.64. The van der Waals surface area contributed by atoms with Crippen LogP contribution in [0.3, 0.4) is 0 Å². The standard InChI is InChI=1S/C17H18O2/c1-11-7-12(2)9-14(8-11)17-15(18)10-13-5-3-4-6-16(13)19-17/h3-9,15,17-18H,10H2,1-2H3/t15-,17+/m0/s1. The Morgan fingerprint density at radius 3 is 2.47 bits per heavy atom. The first kappa shape index (κ1) is 12.2. The molecule has 0 aromatic heterocycles. The molecule has 2 heteroatoms. The summed E-state index contributed by atoms with van der Waals surface area (Å²) < 4.78 is 5.99. The summed E-state index contributed by atoms with van der Waals surface area (Å²) in [5, 5.41) is 10.3. The van der Waals surface area contributed by atoms with Crippen LogP contribution in [0.4, 0.5) is 0 Å². The molecule has 0 aliphatic carbocycles. The van der Waals surface area contributed by atoms with Crippen LogP contribution in [0, 0.1) is 13.8 Å². The van der Waals surface area contributed by atoms with Gasteiger partial charge in [-0.3, -0.25) is 0 Å². The van der Waals surface area contributed by atoms with E-state index in [0.29, 0.717) is 6.42 Å². The van der Waals surface area contributed by atoms with Gasteiger partial charge in [0.05, 0.1) is 6.10 Å². The lowest BCUT2D eigenvalue weighted by Gasteiger charge is -2.31. The minimum atomic E-state index is -0.490. The monoisotopic (exact) mass is 254 g/mol. The molecule has 0 saturated heterocycles. The number of benzene rings is 2. The molecule has 2 atom stereocenters. The quantitative estimate of drug-likeness (QED) is 0.845. The molecular weight excluding hydrogens is 236 g/mol. The van der Waals surface area contributed by atoms with Crippen LogP contribution in [0.25, 0.3) is 0 Å². The molecule has 0 amide bonds. The van der Waals surface area contributed by atoms with Crippen molar-refractivity contribution in [2.75, 3.05) is 0 Å². The Bertz CT molecular complexity index is 584. The zero-order valence-corrected chi connectivity index (χ0v) is 11.3. The summed E-state index contributed by atoms with van der Waals surface area (Å²) in [5.74, 6) is 0.886. The van der Waals surface area contributed by atoms with E-state index in [9.17, 15) is 5.11 Å². The van der Waals surface area contributed by atoms with E-state index in [4.69, 9.17) is 4.74 Å². The van der Waals surface area contributed by atoms with E-state index in [-0.39, 0.29) is 6.10 Å². The Hall–Kier alpha value is -1.80. The van der Waals surface area contributed by atoms with Gasteiger partial charge in [0.1, 0.15) is 11.9 Å². The summed E-state index contributed by atoms with van der Waals surface area (Å²) in [4.78, 5) is 0. The zero-order valence-electron chi connectivity index (χ0n) is 11.3. The third-order valence-electron chi connectivity index (χ3n) is 3.58. The predicted octanol–water partition coefficient (Wildman–Crippen LogP) is 3.34. The lowest BCUT2D eigenvalue weighted by atomic mass is 9.93. The molecule has 19 heavy (non-hydrogen) atoms. The van der Waals surface area contributed by atoms with Crippen molar-refractivity contribution in [3.63, 3.8) is 0 Å². The average Bonchev–Trinajstić information content (AvgIpc) is 2.36. The fraction of sp³-hybridized carbons (Fsp3) is 0.294. The Morgan fingerprint density at radius 1 is 1.05 bits per heavy atom. The maximum absolute atomic E-state index is 10.3. The molecule has 1 aliphatic rings. The highest BCUT2D eigenvalue weighted by atomic mass is 16.5. The van der Waals surface area contributed by atoms with Gasteiger partial charge in [0, 0.05) is 6.42 Å². The van der Waals surface area contributed by atoms with Gasteiger partial charge >= 0.3 is 0 Å². The van der Waals surface area contributed by atoms with Crippen molar-refractivity contribution >= 4 is 0 Å². The first-order valence-electron chi connectivity index (χ1n) is 6.64. The Balaban J connectivity index is 1.98. The number of aliphatic hydroxyl groups excluding tert-OH is 1. The average molecular weight is 254 g/mol. The van der Waals surface area contributed by atoms with Crippen LogP contribution >= 0.6 is 0 Å². The molecule has 1 N–H and O–H groups in total. The Kier molecular flexibility index (Phi) is 3.03. The topological polar surface area (TPSA) is 29.5 Å². The van der Waals surface area contributed by atoms with E-state index in [1.54, 1.807) is 0 Å². The fourth-order valence-electron chi connectivity index (χ4n) is 2.80. The largest absolute Gasteiger partial charge is 0.483 e. The van der Waals surface area contributed by atoms with Gasteiger partial charge in [-0.2, -0.15) is 0 Å². The van der Waals surface area contributed by atoms with Crippen molar-refractivity contribution in [1.82, 2.24) is 0 Å². The molecule has 2 aromatic rings. The Morgan fingerprint density at radius 2 is 1.74 bits per heavy atom. The number of ether oxygens (including phenoxy) is 1. The van der Waals surface area contributed by atoms with E-state index in [2.05, 4.69) is 32.0 Å². The number of aliphatic hydroxyl groups is 1. The fourth-order valence-corrected chi connectivity index (χ4v) is 2.80. The molecular formula is C17H18O2. The summed E-state index contributed by atoms with van der Waals surface area (Å²) in [5.41, 5.74) is 4.53. The summed E-state index contributed by atoms with van der Waals surface area (Å²) in [6.45, 7) is 4.14. The molecule has 0 radical (unpaired) electrons. The van der Waals surface area contributed by atoms with Crippen LogP contribution in [-0.4, -0.2) is 11.2 Å². The van der Waals surface area contributed by atoms with Crippen molar-refractivity contribution in [3.05, 3.63) is 64.7 Å². The van der Waals surface area contributed by atoms with Gasteiger partial charge in [-0.15, -0.1) is 0 Å². The van der Waals surface area contributed by atoms with Gasteiger partial charge in [-0.1, -0.05) is 47.5 Å². The second-order valence-electron chi connectivity index (χ2n) is 5.34. The second kappa shape index (κ2) is 4.71. The Labute approximate surface area is 113 Å².